The third kappa shape index (κ3) is 2.56. The monoisotopic (exact) mass is 206 g/mol. The molecular formula is C11H10O4. The van der Waals surface area contributed by atoms with Gasteiger partial charge in [-0.1, -0.05) is 24.3 Å². The van der Waals surface area contributed by atoms with E-state index in [1.807, 2.05) is 24.3 Å². The molecule has 1 aromatic carbocycles. The minimum atomic E-state index is -0.551. The number of benzene rings is 1. The van der Waals surface area contributed by atoms with E-state index in [1.54, 1.807) is 0 Å². The van der Waals surface area contributed by atoms with Gasteiger partial charge >= 0.3 is 11.9 Å². The van der Waals surface area contributed by atoms with E-state index in [0.29, 0.717) is 0 Å². The molecule has 2 bridgehead atoms. The van der Waals surface area contributed by atoms with Gasteiger partial charge in [0.25, 0.3) is 0 Å². The van der Waals surface area contributed by atoms with Gasteiger partial charge in [0.1, 0.15) is 19.6 Å². The van der Waals surface area contributed by atoms with E-state index in [1.165, 1.54) is 0 Å². The fraction of sp³-hybridized carbons (Fsp3) is 0.273. The van der Waals surface area contributed by atoms with Gasteiger partial charge in [0, 0.05) is 0 Å². The predicted octanol–water partition coefficient (Wildman–Crippen LogP) is 1.18. The third-order valence-corrected chi connectivity index (χ3v) is 2.11. The van der Waals surface area contributed by atoms with E-state index in [2.05, 4.69) is 0 Å². The Bertz CT molecular complexity index is 343. The Morgan fingerprint density at radius 1 is 0.800 bits per heavy atom. The Morgan fingerprint density at radius 3 is 1.60 bits per heavy atom. The number of carbonyl (C=O) groups is 2. The zero-order valence-electron chi connectivity index (χ0n) is 8.06. The third-order valence-electron chi connectivity index (χ3n) is 2.11. The van der Waals surface area contributed by atoms with Crippen molar-refractivity contribution in [1.82, 2.24) is 0 Å². The molecule has 0 saturated heterocycles. The molecule has 0 fully saturated rings. The van der Waals surface area contributed by atoms with Crippen LogP contribution in [0.3, 0.4) is 0 Å². The summed E-state index contributed by atoms with van der Waals surface area (Å²) >= 11 is 0. The molecule has 15 heavy (non-hydrogen) atoms. The van der Waals surface area contributed by atoms with E-state index in [0.717, 1.165) is 11.1 Å². The summed E-state index contributed by atoms with van der Waals surface area (Å²) in [7, 11) is 0. The Morgan fingerprint density at radius 2 is 1.20 bits per heavy atom. The van der Waals surface area contributed by atoms with Gasteiger partial charge in [-0.05, 0) is 11.1 Å². The van der Waals surface area contributed by atoms with Gasteiger partial charge in [0.15, 0.2) is 0 Å². The summed E-state index contributed by atoms with van der Waals surface area (Å²) in [5.74, 6) is -1.10. The molecule has 3 rings (SSSR count). The lowest BCUT2D eigenvalue weighted by atomic mass is 10.1. The van der Waals surface area contributed by atoms with Gasteiger partial charge in [-0.25, -0.2) is 0 Å². The standard InChI is InChI=1S/C11H10O4/c12-10-5-11(13)15-7-9-2-1-8(3-4-9)6-14-10/h1-4H,5-7H2. The summed E-state index contributed by atoms with van der Waals surface area (Å²) in [5.41, 5.74) is 1.81. The SMILES string of the molecule is O=C1CC(=O)OCc2ccc(cc2)CO1. The summed E-state index contributed by atoms with van der Waals surface area (Å²) in [6, 6.07) is 7.40. The predicted molar refractivity (Wildman–Crippen MR) is 50.7 cm³/mol. The summed E-state index contributed by atoms with van der Waals surface area (Å²) in [6.07, 6.45) is -0.319. The number of rotatable bonds is 0. The molecule has 78 valence electrons. The molecule has 2 aliphatic rings. The second-order valence-electron chi connectivity index (χ2n) is 3.31. The Hall–Kier alpha value is -1.84. The zero-order valence-corrected chi connectivity index (χ0v) is 8.06. The van der Waals surface area contributed by atoms with Crippen molar-refractivity contribution in [2.45, 2.75) is 19.6 Å². The minimum absolute atomic E-state index is 0.201. The average molecular weight is 206 g/mol. The lowest BCUT2D eigenvalue weighted by molar-refractivity contribution is -0.155. The minimum Gasteiger partial charge on any atom is -0.460 e. The Balaban J connectivity index is 2.19. The Kier molecular flexibility index (Phi) is 2.67. The van der Waals surface area contributed by atoms with Gasteiger partial charge in [0.2, 0.25) is 0 Å². The van der Waals surface area contributed by atoms with Crippen molar-refractivity contribution in [3.8, 4) is 0 Å². The molecule has 1 aromatic rings. The molecule has 0 unspecified atom stereocenters. The molecule has 2 heterocycles. The van der Waals surface area contributed by atoms with E-state index in [4.69, 9.17) is 9.47 Å². The van der Waals surface area contributed by atoms with Crippen LogP contribution in [0.25, 0.3) is 0 Å². The smallest absolute Gasteiger partial charge is 0.317 e. The second-order valence-corrected chi connectivity index (χ2v) is 3.31. The molecule has 0 amide bonds. The van der Waals surface area contributed by atoms with Gasteiger partial charge in [-0.2, -0.15) is 0 Å². The van der Waals surface area contributed by atoms with Gasteiger partial charge < -0.3 is 9.47 Å². The van der Waals surface area contributed by atoms with Crippen LogP contribution in [0, 0.1) is 0 Å². The van der Waals surface area contributed by atoms with E-state index in [-0.39, 0.29) is 19.6 Å². The van der Waals surface area contributed by atoms with Crippen molar-refractivity contribution in [3.05, 3.63) is 35.4 Å². The summed E-state index contributed by atoms with van der Waals surface area (Å²) < 4.78 is 9.77. The summed E-state index contributed by atoms with van der Waals surface area (Å²) in [6.45, 7) is 0.402. The van der Waals surface area contributed by atoms with E-state index in [9.17, 15) is 9.59 Å². The van der Waals surface area contributed by atoms with Crippen LogP contribution in [0.5, 0.6) is 0 Å². The molecule has 0 atom stereocenters. The number of hydrogen-bond donors (Lipinski definition) is 0. The molecule has 0 spiro atoms. The molecule has 4 heteroatoms. The van der Waals surface area contributed by atoms with Crippen LogP contribution in [0.1, 0.15) is 17.5 Å². The maximum atomic E-state index is 11.1. The van der Waals surface area contributed by atoms with Gasteiger partial charge in [-0.3, -0.25) is 9.59 Å². The first-order valence-electron chi connectivity index (χ1n) is 4.63. The molecule has 0 aromatic heterocycles. The van der Waals surface area contributed by atoms with Crippen LogP contribution in [0.2, 0.25) is 0 Å². The summed E-state index contributed by atoms with van der Waals surface area (Å²) in [4.78, 5) is 22.2. The first kappa shape index (κ1) is 9.71. The van der Waals surface area contributed by atoms with Crippen LogP contribution in [-0.4, -0.2) is 11.9 Å². The highest BCUT2D eigenvalue weighted by atomic mass is 16.6. The van der Waals surface area contributed by atoms with Crippen LogP contribution in [0.4, 0.5) is 0 Å². The highest BCUT2D eigenvalue weighted by molar-refractivity contribution is 5.91. The van der Waals surface area contributed by atoms with Crippen LogP contribution in [-0.2, 0) is 32.3 Å². The van der Waals surface area contributed by atoms with Crippen molar-refractivity contribution >= 4 is 11.9 Å². The lowest BCUT2D eigenvalue weighted by Crippen LogP contribution is -2.12. The molecule has 0 N–H and O–H groups in total. The fourth-order valence-corrected chi connectivity index (χ4v) is 1.28. The highest BCUT2D eigenvalue weighted by Crippen LogP contribution is 2.09. The molecular weight excluding hydrogens is 196 g/mol. The maximum Gasteiger partial charge on any atom is 0.317 e. The Labute approximate surface area is 86.8 Å². The highest BCUT2D eigenvalue weighted by Gasteiger charge is 2.13. The number of hydrogen-bond acceptors (Lipinski definition) is 4. The lowest BCUT2D eigenvalue weighted by Gasteiger charge is -2.02. The normalized spacial score (nSPS) is 16.5. The van der Waals surface area contributed by atoms with Crippen molar-refractivity contribution in [1.29, 1.82) is 0 Å². The number of fused-ring (bicyclic) bond motifs is 8. The second kappa shape index (κ2) is 4.13. The van der Waals surface area contributed by atoms with Crippen LogP contribution >= 0.6 is 0 Å². The molecule has 0 saturated carbocycles. The topological polar surface area (TPSA) is 52.6 Å². The largest absolute Gasteiger partial charge is 0.460 e. The van der Waals surface area contributed by atoms with Crippen LogP contribution < -0.4 is 0 Å². The fourth-order valence-electron chi connectivity index (χ4n) is 1.28. The molecule has 0 radical (unpaired) electrons. The van der Waals surface area contributed by atoms with Crippen molar-refractivity contribution in [2.75, 3.05) is 0 Å². The zero-order chi connectivity index (χ0) is 10.7. The molecule has 4 nitrogen and oxygen atoms in total. The number of ether oxygens (including phenoxy) is 2. The maximum absolute atomic E-state index is 11.1. The van der Waals surface area contributed by atoms with Crippen molar-refractivity contribution < 1.29 is 19.1 Å². The van der Waals surface area contributed by atoms with Crippen molar-refractivity contribution in [2.24, 2.45) is 0 Å². The molecule has 2 aliphatic heterocycles. The van der Waals surface area contributed by atoms with Crippen LogP contribution in [0.15, 0.2) is 24.3 Å². The van der Waals surface area contributed by atoms with Gasteiger partial charge in [-0.15, -0.1) is 0 Å². The van der Waals surface area contributed by atoms with E-state index >= 15 is 0 Å². The first-order chi connectivity index (χ1) is 7.24. The van der Waals surface area contributed by atoms with Gasteiger partial charge in [0.05, 0.1) is 0 Å². The van der Waals surface area contributed by atoms with E-state index < -0.39 is 11.9 Å². The molecule has 0 aliphatic carbocycles. The number of esters is 2. The van der Waals surface area contributed by atoms with Crippen molar-refractivity contribution in [3.63, 3.8) is 0 Å². The average Bonchev–Trinajstić information content (AvgIpc) is 2.28. The quantitative estimate of drug-likeness (QED) is 0.472. The summed E-state index contributed by atoms with van der Waals surface area (Å²) in [5, 5.41) is 0. The number of carbonyl (C=O) groups excluding carboxylic acids is 2. The first-order valence-corrected chi connectivity index (χ1v) is 4.63.